The van der Waals surface area contributed by atoms with E-state index in [2.05, 4.69) is 26.0 Å². The lowest BCUT2D eigenvalue weighted by Gasteiger charge is -2.13. The second-order valence-electron chi connectivity index (χ2n) is 4.34. The molecule has 1 heterocycles. The van der Waals surface area contributed by atoms with Crippen LogP contribution in [0.1, 0.15) is 5.56 Å². The van der Waals surface area contributed by atoms with Gasteiger partial charge in [0.15, 0.2) is 0 Å². The molecule has 1 aromatic rings. The number of rotatable bonds is 5. The minimum Gasteiger partial charge on any atom is -0.488 e. The first-order valence-corrected chi connectivity index (χ1v) is 6.89. The van der Waals surface area contributed by atoms with Crippen molar-refractivity contribution >= 4 is 21.9 Å². The Morgan fingerprint density at radius 2 is 2.47 bits per heavy atom. The number of methoxy groups -OCH3 is 1. The van der Waals surface area contributed by atoms with Gasteiger partial charge < -0.3 is 14.8 Å². The van der Waals surface area contributed by atoms with Crippen LogP contribution in [0.3, 0.4) is 0 Å². The molecule has 0 amide bonds. The maximum Gasteiger partial charge on any atom is 0.320 e. The lowest BCUT2D eigenvalue weighted by Crippen LogP contribution is -2.36. The molecule has 2 rings (SSSR count). The Morgan fingerprint density at radius 1 is 1.68 bits per heavy atom. The number of alkyl halides is 1. The van der Waals surface area contributed by atoms with Crippen molar-refractivity contribution in [3.05, 3.63) is 29.6 Å². The predicted octanol–water partition coefficient (Wildman–Crippen LogP) is 1.66. The maximum atomic E-state index is 13.0. The maximum absolute atomic E-state index is 13.0. The molecule has 19 heavy (non-hydrogen) atoms. The summed E-state index contributed by atoms with van der Waals surface area (Å²) in [6.45, 7) is 1.05. The molecule has 0 aromatic heterocycles. The topological polar surface area (TPSA) is 47.6 Å². The summed E-state index contributed by atoms with van der Waals surface area (Å²) in [5, 5.41) is 3.13. The van der Waals surface area contributed by atoms with Crippen molar-refractivity contribution < 1.29 is 18.7 Å². The van der Waals surface area contributed by atoms with Crippen LogP contribution in [0, 0.1) is 5.82 Å². The number of hydrogen-bond acceptors (Lipinski definition) is 4. The van der Waals surface area contributed by atoms with E-state index in [1.54, 1.807) is 6.07 Å². The zero-order valence-electron chi connectivity index (χ0n) is 10.5. The number of nitrogens with one attached hydrogen (secondary N) is 1. The molecule has 6 heteroatoms. The summed E-state index contributed by atoms with van der Waals surface area (Å²) in [5.74, 6) is 0.170. The van der Waals surface area contributed by atoms with Gasteiger partial charge >= 0.3 is 5.97 Å². The van der Waals surface area contributed by atoms with Crippen LogP contribution in [0.2, 0.25) is 0 Å². The number of ether oxygens (including phenoxy) is 2. The van der Waals surface area contributed by atoms with Crippen LogP contribution >= 0.6 is 15.9 Å². The monoisotopic (exact) mass is 331 g/mol. The van der Waals surface area contributed by atoms with E-state index in [0.717, 1.165) is 11.3 Å². The van der Waals surface area contributed by atoms with Crippen LogP contribution < -0.4 is 10.1 Å². The van der Waals surface area contributed by atoms with Gasteiger partial charge in [-0.15, -0.1) is 0 Å². The Bertz CT molecular complexity index is 469. The van der Waals surface area contributed by atoms with Crippen molar-refractivity contribution in [2.75, 3.05) is 20.2 Å². The molecule has 2 unspecified atom stereocenters. The van der Waals surface area contributed by atoms with E-state index in [9.17, 15) is 9.18 Å². The van der Waals surface area contributed by atoms with E-state index in [1.807, 2.05) is 0 Å². The standard InChI is InChI=1S/C13H15BrFNO3/c1-18-13(17)11(14)7-16-6-10-5-8-4-9(15)2-3-12(8)19-10/h2-4,10-11,16H,5-7H2,1H3. The van der Waals surface area contributed by atoms with Gasteiger partial charge in [0, 0.05) is 25.1 Å². The first kappa shape index (κ1) is 14.3. The highest BCUT2D eigenvalue weighted by Crippen LogP contribution is 2.28. The van der Waals surface area contributed by atoms with Crippen LogP contribution in [0.5, 0.6) is 5.75 Å². The second-order valence-corrected chi connectivity index (χ2v) is 5.45. The number of halogens is 2. The van der Waals surface area contributed by atoms with Crippen molar-refractivity contribution in [2.45, 2.75) is 17.4 Å². The summed E-state index contributed by atoms with van der Waals surface area (Å²) < 4.78 is 23.3. The third-order valence-electron chi connectivity index (χ3n) is 2.92. The van der Waals surface area contributed by atoms with Crippen molar-refractivity contribution in [1.29, 1.82) is 0 Å². The van der Waals surface area contributed by atoms with Gasteiger partial charge in [0.1, 0.15) is 22.5 Å². The van der Waals surface area contributed by atoms with E-state index >= 15 is 0 Å². The molecule has 0 radical (unpaired) electrons. The van der Waals surface area contributed by atoms with E-state index in [-0.39, 0.29) is 22.7 Å². The van der Waals surface area contributed by atoms with Crippen molar-refractivity contribution in [1.82, 2.24) is 5.32 Å². The fourth-order valence-electron chi connectivity index (χ4n) is 1.99. The zero-order valence-corrected chi connectivity index (χ0v) is 12.1. The van der Waals surface area contributed by atoms with Crippen LogP contribution in [-0.4, -0.2) is 37.1 Å². The largest absolute Gasteiger partial charge is 0.488 e. The molecule has 0 bridgehead atoms. The van der Waals surface area contributed by atoms with Crippen LogP contribution in [0.15, 0.2) is 18.2 Å². The fraction of sp³-hybridized carbons (Fsp3) is 0.462. The summed E-state index contributed by atoms with van der Waals surface area (Å²) in [6.07, 6.45) is 0.639. The highest BCUT2D eigenvalue weighted by Gasteiger charge is 2.23. The summed E-state index contributed by atoms with van der Waals surface area (Å²) in [6, 6.07) is 4.53. The van der Waals surface area contributed by atoms with Crippen molar-refractivity contribution in [2.24, 2.45) is 0 Å². The Labute approximate surface area is 119 Å². The van der Waals surface area contributed by atoms with E-state index < -0.39 is 0 Å². The quantitative estimate of drug-likeness (QED) is 0.658. The fourth-order valence-corrected chi connectivity index (χ4v) is 2.40. The molecule has 0 fully saturated rings. The zero-order chi connectivity index (χ0) is 13.8. The minimum absolute atomic E-state index is 0.0332. The Balaban J connectivity index is 1.77. The highest BCUT2D eigenvalue weighted by atomic mass is 79.9. The van der Waals surface area contributed by atoms with E-state index in [0.29, 0.717) is 19.5 Å². The number of esters is 1. The van der Waals surface area contributed by atoms with Gasteiger partial charge in [-0.25, -0.2) is 4.39 Å². The summed E-state index contributed by atoms with van der Waals surface area (Å²) in [5.41, 5.74) is 0.884. The van der Waals surface area contributed by atoms with Gasteiger partial charge in [0.25, 0.3) is 0 Å². The first-order chi connectivity index (χ1) is 9.10. The van der Waals surface area contributed by atoms with Gasteiger partial charge in [0.05, 0.1) is 7.11 Å². The van der Waals surface area contributed by atoms with Gasteiger partial charge in [-0.3, -0.25) is 4.79 Å². The first-order valence-electron chi connectivity index (χ1n) is 5.98. The Hall–Kier alpha value is -1.14. The smallest absolute Gasteiger partial charge is 0.320 e. The van der Waals surface area contributed by atoms with Gasteiger partial charge in [0.2, 0.25) is 0 Å². The number of benzene rings is 1. The molecule has 0 saturated heterocycles. The Kier molecular flexibility index (Phi) is 4.76. The number of carbonyl (C=O) groups is 1. The number of fused-ring (bicyclic) bond motifs is 1. The summed E-state index contributed by atoms with van der Waals surface area (Å²) in [4.78, 5) is 10.8. The van der Waals surface area contributed by atoms with Crippen LogP contribution in [0.4, 0.5) is 4.39 Å². The van der Waals surface area contributed by atoms with Crippen LogP contribution in [-0.2, 0) is 16.0 Å². The lowest BCUT2D eigenvalue weighted by molar-refractivity contribution is -0.139. The molecule has 0 aliphatic carbocycles. The predicted molar refractivity (Wildman–Crippen MR) is 72.1 cm³/mol. The van der Waals surface area contributed by atoms with Gasteiger partial charge in [-0.1, -0.05) is 15.9 Å². The molecule has 1 aliphatic rings. The molecule has 1 N–H and O–H groups in total. The molecule has 0 saturated carbocycles. The van der Waals surface area contributed by atoms with E-state index in [1.165, 1.54) is 19.2 Å². The molecule has 104 valence electrons. The molecule has 4 nitrogen and oxygen atoms in total. The molecule has 2 atom stereocenters. The number of carbonyl (C=O) groups excluding carboxylic acids is 1. The Morgan fingerprint density at radius 3 is 3.21 bits per heavy atom. The number of hydrogen-bond donors (Lipinski definition) is 1. The molecular weight excluding hydrogens is 317 g/mol. The molecule has 1 aromatic carbocycles. The minimum atomic E-state index is -0.376. The normalized spacial score (nSPS) is 18.6. The summed E-state index contributed by atoms with van der Waals surface area (Å²) >= 11 is 3.22. The second kappa shape index (κ2) is 6.34. The third kappa shape index (κ3) is 3.67. The molecule has 0 spiro atoms. The lowest BCUT2D eigenvalue weighted by atomic mass is 10.1. The van der Waals surface area contributed by atoms with E-state index in [4.69, 9.17) is 4.74 Å². The third-order valence-corrected chi connectivity index (χ3v) is 3.61. The van der Waals surface area contributed by atoms with Gasteiger partial charge in [-0.05, 0) is 18.2 Å². The average Bonchev–Trinajstić information content (AvgIpc) is 2.79. The van der Waals surface area contributed by atoms with Crippen molar-refractivity contribution in [3.63, 3.8) is 0 Å². The van der Waals surface area contributed by atoms with Crippen LogP contribution in [0.25, 0.3) is 0 Å². The highest BCUT2D eigenvalue weighted by molar-refractivity contribution is 9.10. The van der Waals surface area contributed by atoms with Crippen molar-refractivity contribution in [3.8, 4) is 5.75 Å². The molecular formula is C13H15BrFNO3. The molecule has 1 aliphatic heterocycles. The average molecular weight is 332 g/mol. The SMILES string of the molecule is COC(=O)C(Br)CNCC1Cc2cc(F)ccc2O1. The summed E-state index contributed by atoms with van der Waals surface area (Å²) in [7, 11) is 1.35. The van der Waals surface area contributed by atoms with Gasteiger partial charge in [-0.2, -0.15) is 0 Å².